The Bertz CT molecular complexity index is 1010. The number of halogens is 1. The molecule has 4 rings (SSSR count). The molecule has 5 nitrogen and oxygen atoms in total. The van der Waals surface area contributed by atoms with Gasteiger partial charge in [0.2, 0.25) is 0 Å². The molecule has 1 aliphatic rings. The lowest BCUT2D eigenvalue weighted by Gasteiger charge is -2.47. The van der Waals surface area contributed by atoms with Crippen LogP contribution in [0.3, 0.4) is 0 Å². The van der Waals surface area contributed by atoms with E-state index in [1.807, 2.05) is 13.0 Å². The highest BCUT2D eigenvalue weighted by atomic mass is 35.5. The molecule has 1 fully saturated rings. The van der Waals surface area contributed by atoms with Crippen LogP contribution in [0.15, 0.2) is 42.6 Å². The van der Waals surface area contributed by atoms with Crippen LogP contribution in [-0.4, -0.2) is 28.4 Å². The average molecular weight is 397 g/mol. The summed E-state index contributed by atoms with van der Waals surface area (Å²) in [7, 11) is 0. The Balaban J connectivity index is 1.46. The summed E-state index contributed by atoms with van der Waals surface area (Å²) in [5.41, 5.74) is 4.77. The van der Waals surface area contributed by atoms with Crippen molar-refractivity contribution in [1.82, 2.24) is 14.7 Å². The number of rotatable bonds is 5. The second kappa shape index (κ2) is 7.13. The van der Waals surface area contributed by atoms with E-state index in [1.165, 1.54) is 5.69 Å². The van der Waals surface area contributed by atoms with Crippen molar-refractivity contribution in [1.29, 1.82) is 0 Å². The molecule has 1 aliphatic heterocycles. The average Bonchev–Trinajstić information content (AvgIpc) is 3.02. The van der Waals surface area contributed by atoms with Gasteiger partial charge in [0, 0.05) is 31.5 Å². The number of hydrogen-bond acceptors (Lipinski definition) is 3. The maximum absolute atomic E-state index is 12.9. The number of benzene rings is 1. The van der Waals surface area contributed by atoms with Gasteiger partial charge in [-0.15, -0.1) is 0 Å². The first-order valence-corrected chi connectivity index (χ1v) is 10.0. The van der Waals surface area contributed by atoms with E-state index in [2.05, 4.69) is 53.3 Å². The number of anilines is 1. The zero-order valence-corrected chi connectivity index (χ0v) is 17.3. The monoisotopic (exact) mass is 396 g/mol. The van der Waals surface area contributed by atoms with E-state index in [0.29, 0.717) is 29.1 Å². The van der Waals surface area contributed by atoms with Gasteiger partial charge in [0.05, 0.1) is 10.7 Å². The lowest BCUT2D eigenvalue weighted by Crippen LogP contribution is -2.53. The Kier molecular flexibility index (Phi) is 4.79. The van der Waals surface area contributed by atoms with Crippen LogP contribution in [0.5, 0.6) is 0 Å². The largest absolute Gasteiger partial charge is 0.370 e. The van der Waals surface area contributed by atoms with Crippen molar-refractivity contribution < 1.29 is 4.79 Å². The molecule has 1 amide bonds. The minimum Gasteiger partial charge on any atom is -0.370 e. The van der Waals surface area contributed by atoms with Crippen LogP contribution in [0, 0.1) is 5.41 Å². The van der Waals surface area contributed by atoms with Crippen LogP contribution in [0.1, 0.15) is 42.5 Å². The second-order valence-electron chi connectivity index (χ2n) is 8.21. The molecule has 2 aromatic heterocycles. The molecule has 1 saturated heterocycles. The molecule has 0 radical (unpaired) electrons. The van der Waals surface area contributed by atoms with E-state index in [1.54, 1.807) is 16.7 Å². The number of pyridine rings is 1. The predicted molar refractivity (Wildman–Crippen MR) is 113 cm³/mol. The van der Waals surface area contributed by atoms with Crippen LogP contribution in [-0.2, 0) is 13.0 Å². The third kappa shape index (κ3) is 3.59. The van der Waals surface area contributed by atoms with Gasteiger partial charge in [0.25, 0.3) is 5.91 Å². The highest BCUT2D eigenvalue weighted by Gasteiger charge is 2.33. The zero-order valence-electron chi connectivity index (χ0n) is 16.5. The van der Waals surface area contributed by atoms with Gasteiger partial charge in [-0.05, 0) is 41.7 Å². The molecule has 0 saturated carbocycles. The molecule has 1 N–H and O–H groups in total. The first kappa shape index (κ1) is 18.8. The van der Waals surface area contributed by atoms with Gasteiger partial charge in [-0.2, -0.15) is 0 Å². The van der Waals surface area contributed by atoms with E-state index >= 15 is 0 Å². The van der Waals surface area contributed by atoms with Gasteiger partial charge in [0.15, 0.2) is 0 Å². The van der Waals surface area contributed by atoms with Crippen LogP contribution in [0.25, 0.3) is 5.65 Å². The standard InChI is InChI=1S/C22H25ClN4O/c1-4-18-20(27-12-16(23)7-10-19(27)25-18)21(28)24-11-15-5-8-17(9-6-15)26-13-22(2,3)14-26/h5-10,12H,4,11,13-14H2,1-3H3,(H,24,28). The topological polar surface area (TPSA) is 49.6 Å². The fourth-order valence-electron chi connectivity index (χ4n) is 3.81. The molecule has 0 bridgehead atoms. The molecule has 1 aromatic carbocycles. The fourth-order valence-corrected chi connectivity index (χ4v) is 3.98. The number of imidazole rings is 1. The van der Waals surface area contributed by atoms with Crippen molar-refractivity contribution in [2.75, 3.05) is 18.0 Å². The molecule has 6 heteroatoms. The van der Waals surface area contributed by atoms with Gasteiger partial charge in [-0.1, -0.05) is 44.5 Å². The Hall–Kier alpha value is -2.53. The summed E-state index contributed by atoms with van der Waals surface area (Å²) in [6.07, 6.45) is 2.42. The van der Waals surface area contributed by atoms with Gasteiger partial charge in [-0.25, -0.2) is 4.98 Å². The predicted octanol–water partition coefficient (Wildman–Crippen LogP) is 4.33. The Morgan fingerprint density at radius 3 is 2.54 bits per heavy atom. The molecular formula is C22H25ClN4O. The molecule has 0 atom stereocenters. The Morgan fingerprint density at radius 2 is 1.89 bits per heavy atom. The van der Waals surface area contributed by atoms with Gasteiger partial charge in [0.1, 0.15) is 11.3 Å². The molecule has 28 heavy (non-hydrogen) atoms. The minimum absolute atomic E-state index is 0.139. The lowest BCUT2D eigenvalue weighted by atomic mass is 9.84. The van der Waals surface area contributed by atoms with Crippen LogP contribution in [0.2, 0.25) is 5.02 Å². The van der Waals surface area contributed by atoms with Crippen LogP contribution < -0.4 is 10.2 Å². The minimum atomic E-state index is -0.139. The van der Waals surface area contributed by atoms with E-state index < -0.39 is 0 Å². The van der Waals surface area contributed by atoms with Crippen molar-refractivity contribution in [2.45, 2.75) is 33.7 Å². The van der Waals surface area contributed by atoms with Gasteiger partial charge >= 0.3 is 0 Å². The fraction of sp³-hybridized carbons (Fsp3) is 0.364. The normalized spacial score (nSPS) is 15.5. The Labute approximate surface area is 170 Å². The summed E-state index contributed by atoms with van der Waals surface area (Å²) in [6.45, 7) is 9.20. The number of hydrogen-bond donors (Lipinski definition) is 1. The van der Waals surface area contributed by atoms with Gasteiger partial charge in [-0.3, -0.25) is 9.20 Å². The number of nitrogens with zero attached hydrogens (tertiary/aromatic N) is 3. The second-order valence-corrected chi connectivity index (χ2v) is 8.64. The maximum Gasteiger partial charge on any atom is 0.270 e. The van der Waals surface area contributed by atoms with Crippen molar-refractivity contribution in [3.63, 3.8) is 0 Å². The summed E-state index contributed by atoms with van der Waals surface area (Å²) in [5.74, 6) is -0.139. The molecular weight excluding hydrogens is 372 g/mol. The summed E-state index contributed by atoms with van der Waals surface area (Å²) in [4.78, 5) is 19.8. The highest BCUT2D eigenvalue weighted by molar-refractivity contribution is 6.30. The smallest absolute Gasteiger partial charge is 0.270 e. The van der Waals surface area contributed by atoms with Crippen LogP contribution in [0.4, 0.5) is 5.69 Å². The van der Waals surface area contributed by atoms with Crippen molar-refractivity contribution in [3.05, 3.63) is 64.6 Å². The first-order chi connectivity index (χ1) is 13.4. The van der Waals surface area contributed by atoms with Crippen molar-refractivity contribution in [2.24, 2.45) is 5.41 Å². The molecule has 0 spiro atoms. The first-order valence-electron chi connectivity index (χ1n) is 9.65. The number of aromatic nitrogens is 2. The lowest BCUT2D eigenvalue weighted by molar-refractivity contribution is 0.0944. The highest BCUT2D eigenvalue weighted by Crippen LogP contribution is 2.33. The number of fused-ring (bicyclic) bond motifs is 1. The summed E-state index contributed by atoms with van der Waals surface area (Å²) in [6, 6.07) is 12.0. The molecule has 146 valence electrons. The van der Waals surface area contributed by atoms with Gasteiger partial charge < -0.3 is 10.2 Å². The zero-order chi connectivity index (χ0) is 19.9. The third-order valence-corrected chi connectivity index (χ3v) is 5.42. The van der Waals surface area contributed by atoms with E-state index in [-0.39, 0.29) is 5.91 Å². The number of nitrogens with one attached hydrogen (secondary N) is 1. The SMILES string of the molecule is CCc1nc2ccc(Cl)cn2c1C(=O)NCc1ccc(N2CC(C)(C)C2)cc1. The quantitative estimate of drug-likeness (QED) is 0.698. The number of carbonyl (C=O) groups is 1. The number of aryl methyl sites for hydroxylation is 1. The number of carbonyl (C=O) groups excluding carboxylic acids is 1. The Morgan fingerprint density at radius 1 is 1.18 bits per heavy atom. The third-order valence-electron chi connectivity index (χ3n) is 5.20. The van der Waals surface area contributed by atoms with E-state index in [0.717, 1.165) is 30.0 Å². The summed E-state index contributed by atoms with van der Waals surface area (Å²) >= 11 is 6.11. The van der Waals surface area contributed by atoms with Crippen molar-refractivity contribution >= 4 is 28.8 Å². The van der Waals surface area contributed by atoms with E-state index in [4.69, 9.17) is 11.6 Å². The molecule has 3 aromatic rings. The van der Waals surface area contributed by atoms with Crippen LogP contribution >= 0.6 is 11.6 Å². The summed E-state index contributed by atoms with van der Waals surface area (Å²) in [5, 5.41) is 3.60. The maximum atomic E-state index is 12.9. The number of amides is 1. The molecule has 3 heterocycles. The summed E-state index contributed by atoms with van der Waals surface area (Å²) < 4.78 is 1.77. The molecule has 0 unspecified atom stereocenters. The molecule has 0 aliphatic carbocycles. The van der Waals surface area contributed by atoms with Crippen molar-refractivity contribution in [3.8, 4) is 0 Å². The van der Waals surface area contributed by atoms with E-state index in [9.17, 15) is 4.79 Å².